The number of hydrogen-bond acceptors (Lipinski definition) is 6. The van der Waals surface area contributed by atoms with Crippen LogP contribution in [-0.2, 0) is 16.1 Å². The number of ether oxygens (including phenoxy) is 1. The highest BCUT2D eigenvalue weighted by Gasteiger charge is 2.16. The van der Waals surface area contributed by atoms with E-state index in [0.29, 0.717) is 16.5 Å². The molecule has 0 fully saturated rings. The fraction of sp³-hybridized carbons (Fsp3) is 0.200. The molecule has 1 unspecified atom stereocenters. The summed E-state index contributed by atoms with van der Waals surface area (Å²) in [5.74, 6) is 1.15. The first-order chi connectivity index (χ1) is 15.4. The first-order valence-electron chi connectivity index (χ1n) is 10.3. The van der Waals surface area contributed by atoms with Gasteiger partial charge >= 0.3 is 0 Å². The van der Waals surface area contributed by atoms with Gasteiger partial charge in [0.2, 0.25) is 0 Å². The van der Waals surface area contributed by atoms with Crippen molar-refractivity contribution < 1.29 is 8.95 Å². The lowest BCUT2D eigenvalue weighted by atomic mass is 10.1. The molecule has 2 aromatic carbocycles. The van der Waals surface area contributed by atoms with E-state index >= 15 is 0 Å². The highest BCUT2D eigenvalue weighted by Crippen LogP contribution is 2.38. The van der Waals surface area contributed by atoms with Crippen LogP contribution in [-0.4, -0.2) is 27.5 Å². The molecule has 2 aromatic heterocycles. The summed E-state index contributed by atoms with van der Waals surface area (Å²) < 4.78 is 23.0. The minimum Gasteiger partial charge on any atom is -0.497 e. The molecule has 0 aliphatic rings. The lowest BCUT2D eigenvalue weighted by Crippen LogP contribution is -1.97. The Kier molecular flexibility index (Phi) is 6.39. The van der Waals surface area contributed by atoms with Crippen LogP contribution in [0.5, 0.6) is 5.75 Å². The maximum atomic E-state index is 13.3. The van der Waals surface area contributed by atoms with E-state index in [1.807, 2.05) is 18.2 Å². The molecule has 2 heterocycles. The number of aryl methyl sites for hydroxylation is 2. The topological polar surface area (TPSA) is 64.4 Å². The summed E-state index contributed by atoms with van der Waals surface area (Å²) >= 11 is 1.67. The van der Waals surface area contributed by atoms with Crippen LogP contribution in [0.25, 0.3) is 21.7 Å². The number of thiazole rings is 1. The lowest BCUT2D eigenvalue weighted by molar-refractivity contribution is 0.414. The van der Waals surface area contributed by atoms with Gasteiger partial charge in [-0.3, -0.25) is 0 Å². The molecule has 0 aliphatic carbocycles. The van der Waals surface area contributed by atoms with Crippen molar-refractivity contribution in [2.75, 3.05) is 13.4 Å². The molecule has 0 spiro atoms. The average Bonchev–Trinajstić information content (AvgIpc) is 3.24. The number of benzene rings is 2. The van der Waals surface area contributed by atoms with E-state index in [-0.39, 0.29) is 0 Å². The monoisotopic (exact) mass is 463 g/mol. The summed E-state index contributed by atoms with van der Waals surface area (Å²) in [5.41, 5.74) is 4.20. The average molecular weight is 464 g/mol. The molecule has 0 radical (unpaired) electrons. The predicted octanol–water partition coefficient (Wildman–Crippen LogP) is 6.54. The van der Waals surface area contributed by atoms with Gasteiger partial charge in [0.25, 0.3) is 0 Å². The molecule has 4 aromatic rings. The summed E-state index contributed by atoms with van der Waals surface area (Å²) in [6, 6.07) is 19.3. The van der Waals surface area contributed by atoms with E-state index in [1.54, 1.807) is 55.2 Å². The SMILES string of the molecule is CCc1nc(-c2cccc(C)c2)c(-c2ccnc(N=S(C)(=O)c3ccc(OC)cc3)c2)s1. The van der Waals surface area contributed by atoms with Crippen LogP contribution in [0, 0.1) is 6.92 Å². The summed E-state index contributed by atoms with van der Waals surface area (Å²) in [5, 5.41) is 1.07. The van der Waals surface area contributed by atoms with Crippen molar-refractivity contribution in [3.63, 3.8) is 0 Å². The second-order valence-electron chi connectivity index (χ2n) is 7.48. The fourth-order valence-electron chi connectivity index (χ4n) is 3.37. The van der Waals surface area contributed by atoms with Crippen molar-refractivity contribution in [2.24, 2.45) is 4.36 Å². The van der Waals surface area contributed by atoms with E-state index < -0.39 is 9.73 Å². The van der Waals surface area contributed by atoms with Crippen LogP contribution in [0.1, 0.15) is 17.5 Å². The summed E-state index contributed by atoms with van der Waals surface area (Å²) in [6.45, 7) is 4.19. The molecular weight excluding hydrogens is 438 g/mol. The van der Waals surface area contributed by atoms with Gasteiger partial charge in [-0.1, -0.05) is 30.7 Å². The summed E-state index contributed by atoms with van der Waals surface area (Å²) in [6.07, 6.45) is 4.21. The molecular formula is C25H25N3O2S2. The first kappa shape index (κ1) is 22.2. The Morgan fingerprint density at radius 3 is 2.53 bits per heavy atom. The second-order valence-corrected chi connectivity index (χ2v) is 10.8. The number of rotatable bonds is 6. The molecule has 0 amide bonds. The number of methoxy groups -OCH3 is 1. The second kappa shape index (κ2) is 9.22. The highest BCUT2D eigenvalue weighted by atomic mass is 32.2. The molecule has 1 atom stereocenters. The van der Waals surface area contributed by atoms with Gasteiger partial charge in [0, 0.05) is 22.9 Å². The first-order valence-corrected chi connectivity index (χ1v) is 13.0. The van der Waals surface area contributed by atoms with E-state index in [9.17, 15) is 4.21 Å². The van der Waals surface area contributed by atoms with Gasteiger partial charge in [0.15, 0.2) is 5.82 Å². The van der Waals surface area contributed by atoms with E-state index in [0.717, 1.165) is 33.1 Å². The Balaban J connectivity index is 1.77. The zero-order valence-electron chi connectivity index (χ0n) is 18.5. The minimum absolute atomic E-state index is 0.437. The maximum absolute atomic E-state index is 13.3. The van der Waals surface area contributed by atoms with Crippen molar-refractivity contribution in [3.05, 3.63) is 77.4 Å². The third kappa shape index (κ3) is 4.74. The third-order valence-corrected chi connectivity index (χ3v) is 7.97. The Morgan fingerprint density at radius 2 is 1.84 bits per heavy atom. The highest BCUT2D eigenvalue weighted by molar-refractivity contribution is 7.93. The predicted molar refractivity (Wildman–Crippen MR) is 132 cm³/mol. The van der Waals surface area contributed by atoms with Gasteiger partial charge in [-0.2, -0.15) is 4.36 Å². The zero-order chi connectivity index (χ0) is 22.7. The molecule has 0 aliphatic heterocycles. The van der Waals surface area contributed by atoms with Gasteiger partial charge in [0.1, 0.15) is 5.75 Å². The standard InChI is InChI=1S/C25H25N3O2S2/c1-5-23-27-24(18-8-6-7-17(2)15-18)25(31-23)19-13-14-26-22(16-19)28-32(4,29)21-11-9-20(30-3)10-12-21/h6-16H,5H2,1-4H3. The Hall–Kier alpha value is -3.03. The van der Waals surface area contributed by atoms with Crippen LogP contribution in [0.3, 0.4) is 0 Å². The number of aromatic nitrogens is 2. The van der Waals surface area contributed by atoms with Gasteiger partial charge in [-0.15, -0.1) is 11.3 Å². The lowest BCUT2D eigenvalue weighted by Gasteiger charge is -2.07. The summed E-state index contributed by atoms with van der Waals surface area (Å²) in [4.78, 5) is 11.0. The van der Waals surface area contributed by atoms with Crippen LogP contribution >= 0.6 is 11.3 Å². The van der Waals surface area contributed by atoms with Gasteiger partial charge in [0.05, 0.1) is 32.4 Å². The molecule has 0 N–H and O–H groups in total. The third-order valence-electron chi connectivity index (χ3n) is 5.04. The molecule has 4 rings (SSSR count). The molecule has 32 heavy (non-hydrogen) atoms. The van der Waals surface area contributed by atoms with Crippen LogP contribution in [0.2, 0.25) is 0 Å². The number of pyridine rings is 1. The smallest absolute Gasteiger partial charge is 0.162 e. The maximum Gasteiger partial charge on any atom is 0.162 e. The fourth-order valence-corrected chi connectivity index (χ4v) is 5.59. The van der Waals surface area contributed by atoms with Gasteiger partial charge in [-0.05, 0) is 61.4 Å². The summed E-state index contributed by atoms with van der Waals surface area (Å²) in [7, 11) is -1.06. The van der Waals surface area contributed by atoms with Crippen LogP contribution < -0.4 is 4.74 Å². The van der Waals surface area contributed by atoms with E-state index in [2.05, 4.69) is 41.4 Å². The van der Waals surface area contributed by atoms with Crippen molar-refractivity contribution in [2.45, 2.75) is 25.2 Å². The van der Waals surface area contributed by atoms with Crippen LogP contribution in [0.4, 0.5) is 5.82 Å². The Labute approximate surface area is 193 Å². The Morgan fingerprint density at radius 1 is 1.06 bits per heavy atom. The van der Waals surface area contributed by atoms with Crippen molar-refractivity contribution in [3.8, 4) is 27.4 Å². The number of nitrogens with zero attached hydrogens (tertiary/aromatic N) is 3. The molecule has 0 saturated carbocycles. The zero-order valence-corrected chi connectivity index (χ0v) is 20.2. The normalized spacial score (nSPS) is 12.9. The molecule has 164 valence electrons. The Bertz CT molecular complexity index is 1370. The quantitative estimate of drug-likeness (QED) is 0.326. The van der Waals surface area contributed by atoms with E-state index in [4.69, 9.17) is 9.72 Å². The van der Waals surface area contributed by atoms with Crippen molar-refractivity contribution in [1.82, 2.24) is 9.97 Å². The molecule has 7 heteroatoms. The molecule has 0 bridgehead atoms. The molecule has 5 nitrogen and oxygen atoms in total. The van der Waals surface area contributed by atoms with Crippen molar-refractivity contribution >= 4 is 26.9 Å². The van der Waals surface area contributed by atoms with Gasteiger partial charge in [-0.25, -0.2) is 14.2 Å². The van der Waals surface area contributed by atoms with Gasteiger partial charge < -0.3 is 4.74 Å². The van der Waals surface area contributed by atoms with Crippen molar-refractivity contribution in [1.29, 1.82) is 0 Å². The largest absolute Gasteiger partial charge is 0.497 e. The minimum atomic E-state index is -2.66. The van der Waals surface area contributed by atoms with Crippen LogP contribution in [0.15, 0.2) is 76.1 Å². The number of hydrogen-bond donors (Lipinski definition) is 0. The van der Waals surface area contributed by atoms with E-state index in [1.165, 1.54) is 5.56 Å². The molecule has 0 saturated heterocycles.